The highest BCUT2D eigenvalue weighted by Gasteiger charge is 2.84. The lowest BCUT2D eigenvalue weighted by Crippen LogP contribution is -2.60. The molecule has 2 aliphatic heterocycles. The largest absolute Gasteiger partial charge is 0.480 e. The molecule has 3 N–H and O–H groups in total. The van der Waals surface area contributed by atoms with E-state index in [1.807, 2.05) is 4.90 Å². The quantitative estimate of drug-likeness (QED) is 0.328. The Labute approximate surface area is 286 Å². The van der Waals surface area contributed by atoms with E-state index in [0.29, 0.717) is 38.0 Å². The van der Waals surface area contributed by atoms with Crippen LogP contribution in [0, 0.1) is 50.7 Å². The van der Waals surface area contributed by atoms with E-state index in [1.165, 1.54) is 19.8 Å². The van der Waals surface area contributed by atoms with Crippen LogP contribution in [0.25, 0.3) is 0 Å². The number of morpholine rings is 1. The predicted molar refractivity (Wildman–Crippen MR) is 177 cm³/mol. The van der Waals surface area contributed by atoms with Crippen molar-refractivity contribution in [3.05, 3.63) is 0 Å². The lowest BCUT2D eigenvalue weighted by atomic mass is 9.41. The van der Waals surface area contributed by atoms with Crippen LogP contribution in [-0.4, -0.2) is 101 Å². The van der Waals surface area contributed by atoms with Crippen LogP contribution in [-0.2, 0) is 28.5 Å². The summed E-state index contributed by atoms with van der Waals surface area (Å²) in [6.07, 6.45) is 5.77. The first-order valence-corrected chi connectivity index (χ1v) is 18.8. The smallest absolute Gasteiger partial charge is 0.317 e. The number of ether oxygens (including phenoxy) is 4. The average molecular weight is 676 g/mol. The average Bonchev–Trinajstić information content (AvgIpc) is 3.61. The van der Waals surface area contributed by atoms with Gasteiger partial charge in [0.15, 0.2) is 12.4 Å². The van der Waals surface area contributed by atoms with E-state index in [9.17, 15) is 24.9 Å². The van der Waals surface area contributed by atoms with Crippen molar-refractivity contribution >= 4 is 11.9 Å². The standard InChI is InChI=1S/C38H61NO9/c1-21-17-23(32(34(5,6)44)46-22(2)40)47-30-29(21)35(7)13-14-38-20-37(38)12-11-26(48-28-19-39(15-16-45-28)18-27(41)42)33(3,4)24(37)9-10-25(38)36(35,8)31(30)43/h21,23-26,28-32,43-44H,9-20H2,1-8H3,(H,41,42)/t21-,23-,24+,25+,26+,28+,29+,30+,31+,32+,35-,36-,37-,38+/m1/s1. The molecule has 7 fully saturated rings. The third-order valence-electron chi connectivity index (χ3n) is 15.9. The number of aliphatic hydroxyl groups is 2. The van der Waals surface area contributed by atoms with Crippen LogP contribution < -0.4 is 0 Å². The molecule has 2 spiro atoms. The van der Waals surface area contributed by atoms with Gasteiger partial charge in [0.05, 0.1) is 49.7 Å². The number of hydrogen-bond acceptors (Lipinski definition) is 9. The molecule has 7 rings (SSSR count). The van der Waals surface area contributed by atoms with Gasteiger partial charge in [-0.1, -0.05) is 34.6 Å². The third kappa shape index (κ3) is 4.85. The van der Waals surface area contributed by atoms with Gasteiger partial charge in [0, 0.05) is 18.9 Å². The summed E-state index contributed by atoms with van der Waals surface area (Å²) in [6, 6.07) is 0. The molecule has 48 heavy (non-hydrogen) atoms. The fourth-order valence-corrected chi connectivity index (χ4v) is 13.9. The molecule has 5 aliphatic carbocycles. The molecule has 7 aliphatic rings. The summed E-state index contributed by atoms with van der Waals surface area (Å²) >= 11 is 0. The number of carbonyl (C=O) groups is 2. The summed E-state index contributed by atoms with van der Waals surface area (Å²) in [5.41, 5.74) is -1.28. The minimum absolute atomic E-state index is 0.00878. The van der Waals surface area contributed by atoms with Gasteiger partial charge in [-0.25, -0.2) is 0 Å². The van der Waals surface area contributed by atoms with Crippen LogP contribution in [0.2, 0.25) is 0 Å². The SMILES string of the molecule is CC(=O)O[C@@H]([C@H]1C[C@@H](C)[C@H]2[C@H](O1)[C@H](O)[C@@]1(C)[C@@H]3CC[C@H]4C(C)(C)[C@@H](O[C@H]5CN(CC(=O)O)CCO5)CC[C@@]45C[C@@]35CC[C@]21C)C(C)(C)O. The monoisotopic (exact) mass is 675 g/mol. The Kier molecular flexibility index (Phi) is 8.30. The second-order valence-corrected chi connectivity index (χ2v) is 18.8. The number of nitrogens with zero attached hydrogens (tertiary/aromatic N) is 1. The zero-order valence-electron chi connectivity index (χ0n) is 30.5. The van der Waals surface area contributed by atoms with Crippen LogP contribution in [0.3, 0.4) is 0 Å². The molecular formula is C38H61NO9. The lowest BCUT2D eigenvalue weighted by molar-refractivity contribution is -0.248. The number of carboxylic acids is 1. The van der Waals surface area contributed by atoms with Gasteiger partial charge in [0.1, 0.15) is 0 Å². The van der Waals surface area contributed by atoms with Crippen molar-refractivity contribution in [1.82, 2.24) is 4.90 Å². The van der Waals surface area contributed by atoms with Crippen molar-refractivity contribution in [2.24, 2.45) is 50.7 Å². The van der Waals surface area contributed by atoms with Crippen molar-refractivity contribution in [2.75, 3.05) is 26.2 Å². The molecule has 10 nitrogen and oxygen atoms in total. The fourth-order valence-electron chi connectivity index (χ4n) is 13.9. The molecule has 2 heterocycles. The van der Waals surface area contributed by atoms with Gasteiger partial charge >= 0.3 is 11.9 Å². The number of carboxylic acid groups (broad SMARTS) is 1. The maximum Gasteiger partial charge on any atom is 0.317 e. The van der Waals surface area contributed by atoms with Crippen LogP contribution in [0.4, 0.5) is 0 Å². The second kappa shape index (κ2) is 11.3. The number of aliphatic hydroxyl groups excluding tert-OH is 1. The van der Waals surface area contributed by atoms with E-state index in [0.717, 1.165) is 32.1 Å². The molecular weight excluding hydrogens is 614 g/mol. The number of fused-ring (bicyclic) bond motifs is 4. The van der Waals surface area contributed by atoms with Gasteiger partial charge < -0.3 is 34.3 Å². The first-order chi connectivity index (χ1) is 22.3. The van der Waals surface area contributed by atoms with Gasteiger partial charge in [-0.15, -0.1) is 0 Å². The van der Waals surface area contributed by atoms with E-state index in [-0.39, 0.29) is 57.7 Å². The Balaban J connectivity index is 1.12. The van der Waals surface area contributed by atoms with Gasteiger partial charge in [-0.3, -0.25) is 14.5 Å². The van der Waals surface area contributed by atoms with Crippen molar-refractivity contribution in [1.29, 1.82) is 0 Å². The Morgan fingerprint density at radius 3 is 2.40 bits per heavy atom. The minimum atomic E-state index is -1.27. The van der Waals surface area contributed by atoms with Crippen LogP contribution in [0.1, 0.15) is 107 Å². The molecule has 5 saturated carbocycles. The van der Waals surface area contributed by atoms with Crippen molar-refractivity contribution in [3.63, 3.8) is 0 Å². The summed E-state index contributed by atoms with van der Waals surface area (Å²) in [5.74, 6) is 0.0872. The maximum absolute atomic E-state index is 12.5. The minimum Gasteiger partial charge on any atom is -0.480 e. The molecule has 0 amide bonds. The predicted octanol–water partition coefficient (Wildman–Crippen LogP) is 4.63. The Morgan fingerprint density at radius 2 is 1.73 bits per heavy atom. The van der Waals surface area contributed by atoms with Crippen molar-refractivity contribution in [3.8, 4) is 0 Å². The number of aliphatic carboxylic acids is 1. The fraction of sp³-hybridized carbons (Fsp3) is 0.947. The zero-order valence-corrected chi connectivity index (χ0v) is 30.5. The first kappa shape index (κ1) is 35.1. The van der Waals surface area contributed by atoms with Gasteiger partial charge in [0.2, 0.25) is 0 Å². The van der Waals surface area contributed by atoms with E-state index >= 15 is 0 Å². The van der Waals surface area contributed by atoms with E-state index < -0.39 is 42.1 Å². The summed E-state index contributed by atoms with van der Waals surface area (Å²) in [6.45, 7) is 18.1. The summed E-state index contributed by atoms with van der Waals surface area (Å²) in [4.78, 5) is 25.3. The number of rotatable bonds is 7. The molecule has 14 atom stereocenters. The maximum atomic E-state index is 12.5. The topological polar surface area (TPSA) is 135 Å². The second-order valence-electron chi connectivity index (χ2n) is 18.8. The Hall–Kier alpha value is -1.30. The number of hydrogen-bond donors (Lipinski definition) is 3. The molecule has 272 valence electrons. The molecule has 0 aromatic rings. The molecule has 0 aromatic heterocycles. The summed E-state index contributed by atoms with van der Waals surface area (Å²) < 4.78 is 25.2. The molecule has 0 unspecified atom stereocenters. The molecule has 0 aromatic carbocycles. The molecule has 2 saturated heterocycles. The normalized spacial score (nSPS) is 50.2. The van der Waals surface area contributed by atoms with Crippen LogP contribution >= 0.6 is 0 Å². The highest BCUT2D eigenvalue weighted by Crippen LogP contribution is 2.89. The van der Waals surface area contributed by atoms with Crippen LogP contribution in [0.15, 0.2) is 0 Å². The zero-order chi connectivity index (χ0) is 34.8. The molecule has 10 heteroatoms. The van der Waals surface area contributed by atoms with Gasteiger partial charge in [0.25, 0.3) is 0 Å². The van der Waals surface area contributed by atoms with Crippen molar-refractivity contribution in [2.45, 2.75) is 149 Å². The van der Waals surface area contributed by atoms with Gasteiger partial charge in [-0.2, -0.15) is 0 Å². The Bertz CT molecular complexity index is 1300. The first-order valence-electron chi connectivity index (χ1n) is 18.8. The van der Waals surface area contributed by atoms with Crippen LogP contribution in [0.5, 0.6) is 0 Å². The van der Waals surface area contributed by atoms with Gasteiger partial charge in [-0.05, 0) is 111 Å². The summed E-state index contributed by atoms with van der Waals surface area (Å²) in [5, 5.41) is 32.9. The van der Waals surface area contributed by atoms with E-state index in [1.54, 1.807) is 13.8 Å². The lowest BCUT2D eigenvalue weighted by Gasteiger charge is -2.64. The molecule has 0 bridgehead atoms. The number of carbonyl (C=O) groups excluding carboxylic acids is 1. The Morgan fingerprint density at radius 1 is 1.04 bits per heavy atom. The highest BCUT2D eigenvalue weighted by molar-refractivity contribution is 5.69. The van der Waals surface area contributed by atoms with Crippen molar-refractivity contribution < 1.29 is 43.9 Å². The van der Waals surface area contributed by atoms with E-state index in [2.05, 4.69) is 34.6 Å². The number of esters is 1. The summed E-state index contributed by atoms with van der Waals surface area (Å²) in [7, 11) is 0. The van der Waals surface area contributed by atoms with E-state index in [4.69, 9.17) is 18.9 Å². The molecule has 0 radical (unpaired) electrons. The highest BCUT2D eigenvalue weighted by atomic mass is 16.7. The third-order valence-corrected chi connectivity index (χ3v) is 15.9.